The number of hydrogen-bond donors (Lipinski definition) is 1. The van der Waals surface area contributed by atoms with Gasteiger partial charge in [-0.3, -0.25) is 4.79 Å². The van der Waals surface area contributed by atoms with Gasteiger partial charge in [0.2, 0.25) is 5.91 Å². The standard InChI is InChI=1S/C17H24N2O4S2/c1-11-9-24-16(18-11)25-10-15(20)19-6-12-7-23-5-3-17(12,21)13-8-22-4-2-14(13)19/h9,12-14,21H,2-8,10H2,1H3/t12-,13+,14-,17-/m0/s1. The van der Waals surface area contributed by atoms with Crippen LogP contribution in [0, 0.1) is 18.8 Å². The van der Waals surface area contributed by atoms with Crippen LogP contribution in [0.4, 0.5) is 0 Å². The average molecular weight is 385 g/mol. The fourth-order valence-electron chi connectivity index (χ4n) is 4.35. The van der Waals surface area contributed by atoms with Crippen molar-refractivity contribution in [3.05, 3.63) is 11.1 Å². The molecule has 0 bridgehead atoms. The first kappa shape index (κ1) is 17.7. The highest BCUT2D eigenvalue weighted by Gasteiger charge is 2.56. The number of thioether (sulfide) groups is 1. The summed E-state index contributed by atoms with van der Waals surface area (Å²) >= 11 is 3.08. The summed E-state index contributed by atoms with van der Waals surface area (Å²) in [6.07, 6.45) is 1.44. The molecule has 3 saturated heterocycles. The van der Waals surface area contributed by atoms with Gasteiger partial charge in [-0.1, -0.05) is 11.8 Å². The van der Waals surface area contributed by atoms with Crippen LogP contribution >= 0.6 is 23.1 Å². The largest absolute Gasteiger partial charge is 0.389 e. The van der Waals surface area contributed by atoms with Gasteiger partial charge in [-0.15, -0.1) is 11.3 Å². The van der Waals surface area contributed by atoms with Gasteiger partial charge in [0, 0.05) is 55.1 Å². The van der Waals surface area contributed by atoms with Crippen molar-refractivity contribution in [2.24, 2.45) is 11.8 Å². The number of aliphatic hydroxyl groups is 1. The zero-order valence-electron chi connectivity index (χ0n) is 14.3. The highest BCUT2D eigenvalue weighted by molar-refractivity contribution is 8.01. The average Bonchev–Trinajstić information content (AvgIpc) is 3.04. The first-order valence-corrected chi connectivity index (χ1v) is 10.7. The minimum atomic E-state index is -0.764. The number of carbonyl (C=O) groups is 1. The molecule has 1 N–H and O–H groups in total. The molecule has 4 heterocycles. The highest BCUT2D eigenvalue weighted by Crippen LogP contribution is 2.44. The van der Waals surface area contributed by atoms with E-state index in [2.05, 4.69) is 4.98 Å². The molecular weight excluding hydrogens is 360 g/mol. The normalized spacial score (nSPS) is 35.1. The molecule has 0 saturated carbocycles. The summed E-state index contributed by atoms with van der Waals surface area (Å²) in [5, 5.41) is 13.3. The van der Waals surface area contributed by atoms with E-state index in [1.807, 2.05) is 17.2 Å². The van der Waals surface area contributed by atoms with Crippen LogP contribution in [-0.4, -0.2) is 71.3 Å². The predicted molar refractivity (Wildman–Crippen MR) is 95.9 cm³/mol. The molecule has 1 aromatic rings. The van der Waals surface area contributed by atoms with E-state index < -0.39 is 5.60 Å². The molecule has 6 nitrogen and oxygen atoms in total. The van der Waals surface area contributed by atoms with Crippen molar-refractivity contribution >= 4 is 29.0 Å². The van der Waals surface area contributed by atoms with Crippen LogP contribution in [0.5, 0.6) is 0 Å². The van der Waals surface area contributed by atoms with Crippen molar-refractivity contribution in [3.8, 4) is 0 Å². The Balaban J connectivity index is 1.49. The number of hydrogen-bond acceptors (Lipinski definition) is 7. The number of fused-ring (bicyclic) bond motifs is 3. The SMILES string of the molecule is Cc1csc(SCC(=O)N2C[C@H]3COCC[C@@]3(O)[C@@H]3COCC[C@@H]32)n1. The maximum absolute atomic E-state index is 12.9. The van der Waals surface area contributed by atoms with Crippen molar-refractivity contribution in [2.45, 2.75) is 35.7 Å². The van der Waals surface area contributed by atoms with E-state index >= 15 is 0 Å². The van der Waals surface area contributed by atoms with Gasteiger partial charge in [0.25, 0.3) is 0 Å². The van der Waals surface area contributed by atoms with Crippen LogP contribution in [0.15, 0.2) is 9.72 Å². The number of thiazole rings is 1. The Labute approximate surface area is 155 Å². The number of likely N-dealkylation sites (tertiary alicyclic amines) is 1. The Bertz CT molecular complexity index is 640. The first-order chi connectivity index (χ1) is 12.1. The van der Waals surface area contributed by atoms with Gasteiger partial charge < -0.3 is 19.5 Å². The van der Waals surface area contributed by atoms with E-state index in [4.69, 9.17) is 9.47 Å². The molecule has 0 aliphatic carbocycles. The number of carbonyl (C=O) groups excluding carboxylic acids is 1. The summed E-state index contributed by atoms with van der Waals surface area (Å²) in [5.74, 6) is 0.478. The lowest BCUT2D eigenvalue weighted by Gasteiger charge is -2.57. The maximum atomic E-state index is 12.9. The van der Waals surface area contributed by atoms with Crippen LogP contribution in [0.3, 0.4) is 0 Å². The fourth-order valence-corrected chi connectivity index (χ4v) is 6.09. The molecule has 4 atom stereocenters. The second-order valence-corrected chi connectivity index (χ2v) is 9.22. The number of piperidine rings is 1. The van der Waals surface area contributed by atoms with Crippen molar-refractivity contribution in [2.75, 3.05) is 38.7 Å². The summed E-state index contributed by atoms with van der Waals surface area (Å²) in [7, 11) is 0. The number of aryl methyl sites for hydroxylation is 1. The van der Waals surface area contributed by atoms with Crippen molar-refractivity contribution in [1.29, 1.82) is 0 Å². The topological polar surface area (TPSA) is 71.9 Å². The molecule has 4 rings (SSSR count). The Kier molecular flexibility index (Phi) is 5.07. The van der Waals surface area contributed by atoms with E-state index in [1.165, 1.54) is 11.8 Å². The summed E-state index contributed by atoms with van der Waals surface area (Å²) in [5.41, 5.74) is 0.228. The molecule has 1 aromatic heterocycles. The van der Waals surface area contributed by atoms with Gasteiger partial charge in [0.1, 0.15) is 0 Å². The second kappa shape index (κ2) is 7.15. The quantitative estimate of drug-likeness (QED) is 0.798. The summed E-state index contributed by atoms with van der Waals surface area (Å²) in [6.45, 7) is 4.82. The van der Waals surface area contributed by atoms with Crippen LogP contribution in [0.1, 0.15) is 18.5 Å². The minimum absolute atomic E-state index is 0.0139. The third-order valence-electron chi connectivity index (χ3n) is 5.69. The van der Waals surface area contributed by atoms with Crippen LogP contribution in [-0.2, 0) is 14.3 Å². The predicted octanol–water partition coefficient (Wildman–Crippen LogP) is 1.56. The van der Waals surface area contributed by atoms with Gasteiger partial charge in [-0.25, -0.2) is 4.98 Å². The molecule has 0 spiro atoms. The zero-order valence-corrected chi connectivity index (χ0v) is 16.0. The van der Waals surface area contributed by atoms with E-state index in [9.17, 15) is 9.90 Å². The van der Waals surface area contributed by atoms with Crippen molar-refractivity contribution < 1.29 is 19.4 Å². The van der Waals surface area contributed by atoms with Gasteiger partial charge in [0.05, 0.1) is 24.6 Å². The molecule has 3 aliphatic rings. The van der Waals surface area contributed by atoms with E-state index in [-0.39, 0.29) is 23.8 Å². The number of ether oxygens (including phenoxy) is 2. The van der Waals surface area contributed by atoms with E-state index in [1.54, 1.807) is 11.3 Å². The lowest BCUT2D eigenvalue weighted by atomic mass is 9.66. The highest BCUT2D eigenvalue weighted by atomic mass is 32.2. The van der Waals surface area contributed by atoms with Gasteiger partial charge in [-0.05, 0) is 13.3 Å². The lowest BCUT2D eigenvalue weighted by molar-refractivity contribution is -0.218. The fraction of sp³-hybridized carbons (Fsp3) is 0.765. The van der Waals surface area contributed by atoms with Crippen LogP contribution in [0.25, 0.3) is 0 Å². The Morgan fingerprint density at radius 1 is 1.48 bits per heavy atom. The molecule has 1 amide bonds. The third kappa shape index (κ3) is 3.35. The van der Waals surface area contributed by atoms with E-state index in [0.717, 1.165) is 16.5 Å². The molecular formula is C17H24N2O4S2. The summed E-state index contributed by atoms with van der Waals surface area (Å²) in [6, 6.07) is 0.0687. The molecule has 8 heteroatoms. The molecule has 25 heavy (non-hydrogen) atoms. The summed E-state index contributed by atoms with van der Waals surface area (Å²) < 4.78 is 12.2. The Morgan fingerprint density at radius 3 is 3.12 bits per heavy atom. The number of amides is 1. The minimum Gasteiger partial charge on any atom is -0.389 e. The second-order valence-electron chi connectivity index (χ2n) is 7.14. The lowest BCUT2D eigenvalue weighted by Crippen LogP contribution is -2.69. The monoisotopic (exact) mass is 384 g/mol. The Morgan fingerprint density at radius 2 is 2.32 bits per heavy atom. The molecule has 0 radical (unpaired) electrons. The molecule has 3 aliphatic heterocycles. The summed E-state index contributed by atoms with van der Waals surface area (Å²) in [4.78, 5) is 19.3. The molecule has 0 unspecified atom stereocenters. The maximum Gasteiger partial charge on any atom is 0.233 e. The molecule has 138 valence electrons. The van der Waals surface area contributed by atoms with Crippen molar-refractivity contribution in [1.82, 2.24) is 9.88 Å². The first-order valence-electron chi connectivity index (χ1n) is 8.80. The van der Waals surface area contributed by atoms with Crippen LogP contribution < -0.4 is 0 Å². The van der Waals surface area contributed by atoms with Gasteiger partial charge in [-0.2, -0.15) is 0 Å². The third-order valence-corrected chi connectivity index (χ3v) is 7.81. The smallest absolute Gasteiger partial charge is 0.233 e. The number of nitrogens with zero attached hydrogens (tertiary/aromatic N) is 2. The van der Waals surface area contributed by atoms with Gasteiger partial charge in [0.15, 0.2) is 4.34 Å². The van der Waals surface area contributed by atoms with Crippen LogP contribution in [0.2, 0.25) is 0 Å². The number of aromatic nitrogens is 1. The molecule has 3 fully saturated rings. The number of rotatable bonds is 3. The molecule has 0 aromatic carbocycles. The van der Waals surface area contributed by atoms with Gasteiger partial charge >= 0.3 is 0 Å². The Hall–Kier alpha value is -0.670. The van der Waals surface area contributed by atoms with E-state index in [0.29, 0.717) is 45.1 Å². The van der Waals surface area contributed by atoms with Crippen molar-refractivity contribution in [3.63, 3.8) is 0 Å². The zero-order chi connectivity index (χ0) is 17.4.